The minimum absolute atomic E-state index is 0. The molecular weight excluding hydrogens is 450 g/mol. The van der Waals surface area contributed by atoms with Gasteiger partial charge in [0.05, 0.1) is 19.3 Å². The lowest BCUT2D eigenvalue weighted by Gasteiger charge is -2.26. The maximum atomic E-state index is 13.5. The molecule has 0 saturated heterocycles. The SMILES string of the molecule is CN=C(NCCCOCCOC)NCC(c1cccc(F)c1)N(C)C.I. The minimum Gasteiger partial charge on any atom is -0.382 e. The topological polar surface area (TPSA) is 58.1 Å². The van der Waals surface area contributed by atoms with E-state index < -0.39 is 0 Å². The first-order chi connectivity index (χ1) is 12.1. The molecule has 0 spiro atoms. The smallest absolute Gasteiger partial charge is 0.191 e. The van der Waals surface area contributed by atoms with E-state index in [0.717, 1.165) is 24.5 Å². The first kappa shape index (κ1) is 25.0. The summed E-state index contributed by atoms with van der Waals surface area (Å²) in [6, 6.07) is 6.74. The molecule has 0 aliphatic carbocycles. The Morgan fingerprint density at radius 3 is 2.62 bits per heavy atom. The second kappa shape index (κ2) is 15.1. The highest BCUT2D eigenvalue weighted by Crippen LogP contribution is 2.18. The van der Waals surface area contributed by atoms with E-state index in [4.69, 9.17) is 9.47 Å². The van der Waals surface area contributed by atoms with Crippen molar-refractivity contribution in [3.8, 4) is 0 Å². The van der Waals surface area contributed by atoms with Gasteiger partial charge < -0.3 is 25.0 Å². The summed E-state index contributed by atoms with van der Waals surface area (Å²) in [4.78, 5) is 6.27. The molecule has 0 radical (unpaired) electrons. The van der Waals surface area contributed by atoms with Gasteiger partial charge in [-0.15, -0.1) is 24.0 Å². The highest BCUT2D eigenvalue weighted by Gasteiger charge is 2.15. The van der Waals surface area contributed by atoms with Gasteiger partial charge in [-0.2, -0.15) is 0 Å². The first-order valence-electron chi connectivity index (χ1n) is 8.51. The Labute approximate surface area is 173 Å². The molecule has 0 aliphatic heterocycles. The Morgan fingerprint density at radius 1 is 1.23 bits per heavy atom. The van der Waals surface area contributed by atoms with Crippen LogP contribution in [-0.2, 0) is 9.47 Å². The second-order valence-electron chi connectivity index (χ2n) is 5.87. The number of rotatable bonds is 11. The molecule has 0 heterocycles. The lowest BCUT2D eigenvalue weighted by Crippen LogP contribution is -2.42. The van der Waals surface area contributed by atoms with Crippen LogP contribution >= 0.6 is 24.0 Å². The maximum Gasteiger partial charge on any atom is 0.191 e. The standard InChI is InChI=1S/C18H31FN4O2.HI/c1-20-18(21-9-6-10-25-12-11-24-4)22-14-17(23(2)3)15-7-5-8-16(19)13-15;/h5,7-8,13,17H,6,9-12,14H2,1-4H3,(H2,20,21,22);1H. The molecular formula is C18H32FIN4O2. The van der Waals surface area contributed by atoms with Crippen LogP contribution in [0.15, 0.2) is 29.3 Å². The average Bonchev–Trinajstić information content (AvgIpc) is 2.59. The first-order valence-corrected chi connectivity index (χ1v) is 8.51. The van der Waals surface area contributed by atoms with Gasteiger partial charge in [-0.1, -0.05) is 12.1 Å². The van der Waals surface area contributed by atoms with Crippen LogP contribution in [0.2, 0.25) is 0 Å². The zero-order chi connectivity index (χ0) is 18.5. The molecule has 1 rings (SSSR count). The van der Waals surface area contributed by atoms with E-state index in [1.807, 2.05) is 20.2 Å². The summed E-state index contributed by atoms with van der Waals surface area (Å²) in [6.07, 6.45) is 0.880. The normalized spacial score (nSPS) is 12.6. The number of halogens is 2. The van der Waals surface area contributed by atoms with Crippen molar-refractivity contribution in [1.29, 1.82) is 0 Å². The quantitative estimate of drug-likeness (QED) is 0.220. The van der Waals surface area contributed by atoms with Gasteiger partial charge in [-0.25, -0.2) is 4.39 Å². The molecule has 150 valence electrons. The molecule has 1 unspecified atom stereocenters. The van der Waals surface area contributed by atoms with E-state index >= 15 is 0 Å². The molecule has 2 N–H and O–H groups in total. The fraction of sp³-hybridized carbons (Fsp3) is 0.611. The number of nitrogens with one attached hydrogen (secondary N) is 2. The van der Waals surface area contributed by atoms with Crippen molar-refractivity contribution in [1.82, 2.24) is 15.5 Å². The van der Waals surface area contributed by atoms with Crippen molar-refractivity contribution >= 4 is 29.9 Å². The van der Waals surface area contributed by atoms with Gasteiger partial charge in [-0.05, 0) is 38.2 Å². The van der Waals surface area contributed by atoms with Crippen LogP contribution in [0, 0.1) is 5.82 Å². The van der Waals surface area contributed by atoms with Crippen molar-refractivity contribution in [3.63, 3.8) is 0 Å². The molecule has 0 amide bonds. The lowest BCUT2D eigenvalue weighted by atomic mass is 10.1. The fourth-order valence-electron chi connectivity index (χ4n) is 2.35. The number of guanidine groups is 1. The molecule has 26 heavy (non-hydrogen) atoms. The third-order valence-corrected chi connectivity index (χ3v) is 3.73. The van der Waals surface area contributed by atoms with E-state index in [-0.39, 0.29) is 35.8 Å². The average molecular weight is 482 g/mol. The molecule has 1 aromatic carbocycles. The fourth-order valence-corrected chi connectivity index (χ4v) is 2.35. The Balaban J connectivity index is 0.00000625. The lowest BCUT2D eigenvalue weighted by molar-refractivity contribution is 0.0698. The van der Waals surface area contributed by atoms with Gasteiger partial charge in [0.2, 0.25) is 0 Å². The molecule has 0 aromatic heterocycles. The highest BCUT2D eigenvalue weighted by atomic mass is 127. The Bertz CT molecular complexity index is 518. The van der Waals surface area contributed by atoms with Crippen molar-refractivity contribution in [2.75, 3.05) is 61.2 Å². The summed E-state index contributed by atoms with van der Waals surface area (Å²) in [7, 11) is 7.35. The monoisotopic (exact) mass is 482 g/mol. The number of hydrogen-bond acceptors (Lipinski definition) is 4. The van der Waals surface area contributed by atoms with Crippen molar-refractivity contribution in [3.05, 3.63) is 35.6 Å². The number of likely N-dealkylation sites (N-methyl/N-ethyl adjacent to an activating group) is 1. The van der Waals surface area contributed by atoms with Gasteiger partial charge >= 0.3 is 0 Å². The van der Waals surface area contributed by atoms with Crippen molar-refractivity contribution in [2.45, 2.75) is 12.5 Å². The van der Waals surface area contributed by atoms with E-state index in [1.165, 1.54) is 6.07 Å². The molecule has 1 aromatic rings. The predicted molar refractivity (Wildman–Crippen MR) is 115 cm³/mol. The number of nitrogens with zero attached hydrogens (tertiary/aromatic N) is 2. The van der Waals surface area contributed by atoms with E-state index in [9.17, 15) is 4.39 Å². The van der Waals surface area contributed by atoms with Crippen LogP contribution < -0.4 is 10.6 Å². The van der Waals surface area contributed by atoms with Crippen molar-refractivity contribution < 1.29 is 13.9 Å². The summed E-state index contributed by atoms with van der Waals surface area (Å²) >= 11 is 0. The van der Waals surface area contributed by atoms with Crippen LogP contribution in [0.4, 0.5) is 4.39 Å². The highest BCUT2D eigenvalue weighted by molar-refractivity contribution is 14.0. The summed E-state index contributed by atoms with van der Waals surface area (Å²) in [5, 5.41) is 6.55. The summed E-state index contributed by atoms with van der Waals surface area (Å²) < 4.78 is 23.8. The summed E-state index contributed by atoms with van der Waals surface area (Å²) in [5.41, 5.74) is 0.930. The third-order valence-electron chi connectivity index (χ3n) is 3.73. The molecule has 6 nitrogen and oxygen atoms in total. The van der Waals surface area contributed by atoms with Gasteiger partial charge in [-0.3, -0.25) is 4.99 Å². The van der Waals surface area contributed by atoms with Gasteiger partial charge in [0.25, 0.3) is 0 Å². The molecule has 0 bridgehead atoms. The van der Waals surface area contributed by atoms with E-state index in [2.05, 4.69) is 20.5 Å². The van der Waals surface area contributed by atoms with Crippen molar-refractivity contribution in [2.24, 2.45) is 4.99 Å². The molecule has 0 saturated carbocycles. The van der Waals surface area contributed by atoms with E-state index in [0.29, 0.717) is 26.4 Å². The van der Waals surface area contributed by atoms with Crippen LogP contribution in [0.25, 0.3) is 0 Å². The zero-order valence-electron chi connectivity index (χ0n) is 16.1. The number of methoxy groups -OCH3 is 1. The number of ether oxygens (including phenoxy) is 2. The van der Waals surface area contributed by atoms with E-state index in [1.54, 1.807) is 26.3 Å². The van der Waals surface area contributed by atoms with Crippen LogP contribution in [0.3, 0.4) is 0 Å². The van der Waals surface area contributed by atoms with Gasteiger partial charge in [0, 0.05) is 33.9 Å². The predicted octanol–water partition coefficient (Wildman–Crippen LogP) is 2.26. The molecule has 1 atom stereocenters. The second-order valence-corrected chi connectivity index (χ2v) is 5.87. The van der Waals surface area contributed by atoms with Gasteiger partial charge in [0.15, 0.2) is 5.96 Å². The summed E-state index contributed by atoms with van der Waals surface area (Å²) in [5.74, 6) is 0.500. The zero-order valence-corrected chi connectivity index (χ0v) is 18.5. The molecule has 0 fully saturated rings. The van der Waals surface area contributed by atoms with Gasteiger partial charge in [0.1, 0.15) is 5.82 Å². The minimum atomic E-state index is -0.222. The molecule has 0 aliphatic rings. The van der Waals surface area contributed by atoms with Crippen LogP contribution in [0.5, 0.6) is 0 Å². The Hall–Kier alpha value is -0.970. The van der Waals surface area contributed by atoms with Crippen LogP contribution in [-0.4, -0.2) is 72.0 Å². The third kappa shape index (κ3) is 10.2. The Morgan fingerprint density at radius 2 is 2.00 bits per heavy atom. The van der Waals surface area contributed by atoms with Crippen LogP contribution in [0.1, 0.15) is 18.0 Å². The largest absolute Gasteiger partial charge is 0.382 e. The molecule has 8 heteroatoms. The Kier molecular flexibility index (Phi) is 14.6. The maximum absolute atomic E-state index is 13.5. The summed E-state index contributed by atoms with van der Waals surface area (Å²) in [6.45, 7) is 3.29. The number of aliphatic imine (C=N–C) groups is 1. The number of benzene rings is 1. The number of hydrogen-bond donors (Lipinski definition) is 2.